The number of hydrogen-bond donors (Lipinski definition) is 0. The Hall–Kier alpha value is -1.58. The number of ketones is 2. The van der Waals surface area contributed by atoms with Gasteiger partial charge in [0.2, 0.25) is 0 Å². The van der Waals surface area contributed by atoms with Crippen molar-refractivity contribution in [3.63, 3.8) is 0 Å². The topological polar surface area (TPSA) is 34.1 Å². The Balaban J connectivity index is 3.00. The van der Waals surface area contributed by atoms with Gasteiger partial charge in [-0.15, -0.1) is 0 Å². The van der Waals surface area contributed by atoms with Gasteiger partial charge < -0.3 is 0 Å². The van der Waals surface area contributed by atoms with E-state index in [1.54, 1.807) is 6.92 Å². The highest BCUT2D eigenvalue weighted by molar-refractivity contribution is 6.08. The fraction of sp³-hybridized carbons (Fsp3) is 0.333. The average molecular weight is 226 g/mol. The van der Waals surface area contributed by atoms with Gasteiger partial charge in [0.05, 0.1) is 12.0 Å². The van der Waals surface area contributed by atoms with Crippen molar-refractivity contribution in [3.8, 4) is 0 Å². The molecule has 0 radical (unpaired) electrons. The minimum absolute atomic E-state index is 0.135. The van der Waals surface area contributed by atoms with E-state index in [2.05, 4.69) is 0 Å². The summed E-state index contributed by atoms with van der Waals surface area (Å²) in [5.74, 6) is -2.39. The molecule has 16 heavy (non-hydrogen) atoms. The van der Waals surface area contributed by atoms with Crippen molar-refractivity contribution in [1.29, 1.82) is 0 Å². The van der Waals surface area contributed by atoms with Crippen LogP contribution in [0.2, 0.25) is 0 Å². The van der Waals surface area contributed by atoms with Crippen molar-refractivity contribution in [2.45, 2.75) is 26.7 Å². The van der Waals surface area contributed by atoms with Gasteiger partial charge in [0.15, 0.2) is 5.78 Å². The zero-order valence-electron chi connectivity index (χ0n) is 9.14. The van der Waals surface area contributed by atoms with E-state index >= 15 is 0 Å². The van der Waals surface area contributed by atoms with Gasteiger partial charge in [-0.05, 0) is 24.6 Å². The molecule has 2 nitrogen and oxygen atoms in total. The van der Waals surface area contributed by atoms with Crippen LogP contribution in [-0.2, 0) is 4.79 Å². The van der Waals surface area contributed by atoms with Crippen molar-refractivity contribution in [2.75, 3.05) is 0 Å². The minimum Gasteiger partial charge on any atom is -0.299 e. The van der Waals surface area contributed by atoms with Gasteiger partial charge >= 0.3 is 0 Å². The normalized spacial score (nSPS) is 10.2. The first-order valence-electron chi connectivity index (χ1n) is 4.96. The number of benzene rings is 1. The van der Waals surface area contributed by atoms with E-state index in [4.69, 9.17) is 0 Å². The lowest BCUT2D eigenvalue weighted by molar-refractivity contribution is -0.117. The summed E-state index contributed by atoms with van der Waals surface area (Å²) in [6, 6.07) is 1.80. The summed E-state index contributed by atoms with van der Waals surface area (Å²) in [5.41, 5.74) is -0.222. The molecule has 1 aromatic rings. The Morgan fingerprint density at radius 3 is 2.38 bits per heavy atom. The van der Waals surface area contributed by atoms with Gasteiger partial charge in [-0.25, -0.2) is 8.78 Å². The van der Waals surface area contributed by atoms with E-state index < -0.39 is 17.4 Å². The average Bonchev–Trinajstić information content (AvgIpc) is 2.23. The third-order valence-electron chi connectivity index (χ3n) is 2.30. The van der Waals surface area contributed by atoms with Gasteiger partial charge in [-0.2, -0.15) is 0 Å². The summed E-state index contributed by atoms with van der Waals surface area (Å²) in [6.45, 7) is 3.02. The van der Waals surface area contributed by atoms with Crippen LogP contribution in [0.25, 0.3) is 0 Å². The summed E-state index contributed by atoms with van der Waals surface area (Å²) in [7, 11) is 0. The van der Waals surface area contributed by atoms with Crippen molar-refractivity contribution in [1.82, 2.24) is 0 Å². The SMILES string of the molecule is CCC(=O)CC(=O)c1cc(F)c(C)cc1F. The van der Waals surface area contributed by atoms with E-state index in [-0.39, 0.29) is 29.8 Å². The molecular formula is C12H12F2O2. The third kappa shape index (κ3) is 2.72. The van der Waals surface area contributed by atoms with E-state index in [0.717, 1.165) is 12.1 Å². The fourth-order valence-electron chi connectivity index (χ4n) is 1.26. The van der Waals surface area contributed by atoms with Gasteiger partial charge in [-0.1, -0.05) is 6.92 Å². The second-order valence-corrected chi connectivity index (χ2v) is 3.57. The predicted molar refractivity (Wildman–Crippen MR) is 55.3 cm³/mol. The molecule has 0 spiro atoms. The van der Waals surface area contributed by atoms with Crippen LogP contribution in [0.15, 0.2) is 12.1 Å². The smallest absolute Gasteiger partial charge is 0.173 e. The highest BCUT2D eigenvalue weighted by atomic mass is 19.1. The van der Waals surface area contributed by atoms with Crippen LogP contribution in [0, 0.1) is 18.6 Å². The molecule has 0 unspecified atom stereocenters. The van der Waals surface area contributed by atoms with Gasteiger partial charge in [0, 0.05) is 6.42 Å². The van der Waals surface area contributed by atoms with Crippen LogP contribution in [0.3, 0.4) is 0 Å². The standard InChI is InChI=1S/C12H12F2O2/c1-3-8(15)5-12(16)9-6-10(13)7(2)4-11(9)14/h4,6H,3,5H2,1-2H3. The molecule has 0 bridgehead atoms. The van der Waals surface area contributed by atoms with Crippen LogP contribution in [-0.4, -0.2) is 11.6 Å². The Morgan fingerprint density at radius 2 is 1.81 bits per heavy atom. The molecule has 86 valence electrons. The van der Waals surface area contributed by atoms with Crippen LogP contribution < -0.4 is 0 Å². The number of halogens is 2. The predicted octanol–water partition coefficient (Wildman–Crippen LogP) is 2.83. The molecule has 4 heteroatoms. The summed E-state index contributed by atoms with van der Waals surface area (Å²) in [5, 5.41) is 0. The van der Waals surface area contributed by atoms with Crippen molar-refractivity contribution in [2.24, 2.45) is 0 Å². The maximum atomic E-state index is 13.3. The molecule has 0 fully saturated rings. The molecule has 1 aromatic carbocycles. The molecule has 0 heterocycles. The van der Waals surface area contributed by atoms with Crippen molar-refractivity contribution < 1.29 is 18.4 Å². The Kier molecular flexibility index (Phi) is 3.88. The molecule has 0 aliphatic rings. The largest absolute Gasteiger partial charge is 0.299 e. The summed E-state index contributed by atoms with van der Waals surface area (Å²) in [4.78, 5) is 22.5. The fourth-order valence-corrected chi connectivity index (χ4v) is 1.26. The monoisotopic (exact) mass is 226 g/mol. The van der Waals surface area contributed by atoms with E-state index in [9.17, 15) is 18.4 Å². The first kappa shape index (κ1) is 12.5. The molecule has 0 N–H and O–H groups in total. The Bertz CT molecular complexity index is 439. The maximum Gasteiger partial charge on any atom is 0.173 e. The lowest BCUT2D eigenvalue weighted by atomic mass is 10.0. The number of Topliss-reactive ketones (excluding diaryl/α,β-unsaturated/α-hetero) is 2. The molecule has 0 aliphatic carbocycles. The summed E-state index contributed by atoms with van der Waals surface area (Å²) in [6.07, 6.45) is -0.169. The molecule has 0 saturated heterocycles. The quantitative estimate of drug-likeness (QED) is 0.584. The van der Waals surface area contributed by atoms with Crippen LogP contribution in [0.1, 0.15) is 35.7 Å². The maximum absolute atomic E-state index is 13.3. The van der Waals surface area contributed by atoms with E-state index in [0.29, 0.717) is 0 Å². The van der Waals surface area contributed by atoms with Crippen LogP contribution in [0.5, 0.6) is 0 Å². The van der Waals surface area contributed by atoms with Gasteiger partial charge in [0.25, 0.3) is 0 Å². The molecule has 0 atom stereocenters. The van der Waals surface area contributed by atoms with E-state index in [1.165, 1.54) is 6.92 Å². The summed E-state index contributed by atoms with van der Waals surface area (Å²) < 4.78 is 26.5. The molecule has 0 amide bonds. The van der Waals surface area contributed by atoms with Crippen molar-refractivity contribution in [3.05, 3.63) is 34.9 Å². The molecule has 0 saturated carbocycles. The second kappa shape index (κ2) is 4.96. The first-order chi connectivity index (χ1) is 7.45. The molecule has 0 aliphatic heterocycles. The second-order valence-electron chi connectivity index (χ2n) is 3.57. The van der Waals surface area contributed by atoms with Crippen molar-refractivity contribution >= 4 is 11.6 Å². The number of carbonyl (C=O) groups is 2. The van der Waals surface area contributed by atoms with Gasteiger partial charge in [0.1, 0.15) is 17.4 Å². The number of rotatable bonds is 4. The molecular weight excluding hydrogens is 214 g/mol. The zero-order chi connectivity index (χ0) is 12.3. The lowest BCUT2D eigenvalue weighted by Crippen LogP contribution is -2.09. The van der Waals surface area contributed by atoms with Crippen LogP contribution in [0.4, 0.5) is 8.78 Å². The number of hydrogen-bond acceptors (Lipinski definition) is 2. The van der Waals surface area contributed by atoms with Gasteiger partial charge in [-0.3, -0.25) is 9.59 Å². The number of aryl methyl sites for hydroxylation is 1. The number of carbonyl (C=O) groups excluding carboxylic acids is 2. The highest BCUT2D eigenvalue weighted by Gasteiger charge is 2.16. The third-order valence-corrected chi connectivity index (χ3v) is 2.30. The van der Waals surface area contributed by atoms with Crippen LogP contribution >= 0.6 is 0 Å². The highest BCUT2D eigenvalue weighted by Crippen LogP contribution is 2.16. The molecule has 1 rings (SSSR count). The Labute approximate surface area is 92.3 Å². The lowest BCUT2D eigenvalue weighted by Gasteiger charge is -2.03. The Morgan fingerprint density at radius 1 is 1.19 bits per heavy atom. The van der Waals surface area contributed by atoms with E-state index in [1.807, 2.05) is 0 Å². The summed E-state index contributed by atoms with van der Waals surface area (Å²) >= 11 is 0. The zero-order valence-corrected chi connectivity index (χ0v) is 9.14. The minimum atomic E-state index is -0.784. The molecule has 0 aromatic heterocycles. The first-order valence-corrected chi connectivity index (χ1v) is 4.96.